The van der Waals surface area contributed by atoms with Crippen LogP contribution in [-0.2, 0) is 28.6 Å². The van der Waals surface area contributed by atoms with Crippen LogP contribution in [0.2, 0.25) is 0 Å². The lowest BCUT2D eigenvalue weighted by Gasteiger charge is -2.34. The first-order valence-corrected chi connectivity index (χ1v) is 22.3. The largest absolute Gasteiger partial charge is 0.544 e. The van der Waals surface area contributed by atoms with Crippen LogP contribution in [0.25, 0.3) is 0 Å². The van der Waals surface area contributed by atoms with Gasteiger partial charge >= 0.3 is 11.9 Å². The Morgan fingerprint density at radius 2 is 1.04 bits per heavy atom. The second-order valence-corrected chi connectivity index (χ2v) is 15.9. The number of rotatable bonds is 39. The van der Waals surface area contributed by atoms with Gasteiger partial charge in [-0.25, -0.2) is 0 Å². The van der Waals surface area contributed by atoms with Crippen molar-refractivity contribution in [3.8, 4) is 0 Å². The summed E-state index contributed by atoms with van der Waals surface area (Å²) < 4.78 is 17.1. The van der Waals surface area contributed by atoms with Crippen LogP contribution in [0.15, 0.2) is 60.8 Å². The summed E-state index contributed by atoms with van der Waals surface area (Å²) in [6, 6.07) is -0.736. The number of ether oxygens (including phenoxy) is 3. The summed E-state index contributed by atoms with van der Waals surface area (Å²) in [5.41, 5.74) is 0. The monoisotopic (exact) mass is 786 g/mol. The van der Waals surface area contributed by atoms with Gasteiger partial charge in [0.15, 0.2) is 6.10 Å². The van der Waals surface area contributed by atoms with Crippen LogP contribution in [0.1, 0.15) is 174 Å². The summed E-state index contributed by atoms with van der Waals surface area (Å²) >= 11 is 0. The predicted octanol–water partition coefficient (Wildman–Crippen LogP) is 10.9. The maximum atomic E-state index is 12.7. The van der Waals surface area contributed by atoms with Gasteiger partial charge in [0.2, 0.25) is 0 Å². The van der Waals surface area contributed by atoms with Gasteiger partial charge < -0.3 is 28.6 Å². The Kier molecular flexibility index (Phi) is 36.8. The van der Waals surface area contributed by atoms with Gasteiger partial charge in [-0.2, -0.15) is 0 Å². The van der Waals surface area contributed by atoms with Gasteiger partial charge in [0.25, 0.3) is 0 Å². The lowest BCUT2D eigenvalue weighted by Crippen LogP contribution is -2.55. The highest BCUT2D eigenvalue weighted by Crippen LogP contribution is 2.13. The highest BCUT2D eigenvalue weighted by molar-refractivity contribution is 5.70. The summed E-state index contributed by atoms with van der Waals surface area (Å²) in [5, 5.41) is 11.6. The van der Waals surface area contributed by atoms with Crippen LogP contribution in [0, 0.1) is 0 Å². The number of unbranched alkanes of at least 4 members (excludes halogenated alkanes) is 15. The minimum absolute atomic E-state index is 0.0148. The summed E-state index contributed by atoms with van der Waals surface area (Å²) in [6.45, 7) is 4.47. The third kappa shape index (κ3) is 36.7. The van der Waals surface area contributed by atoms with E-state index < -0.39 is 18.1 Å². The Labute approximate surface area is 343 Å². The van der Waals surface area contributed by atoms with Crippen molar-refractivity contribution in [2.75, 3.05) is 41.0 Å². The van der Waals surface area contributed by atoms with E-state index >= 15 is 0 Å². The van der Waals surface area contributed by atoms with E-state index in [1.165, 1.54) is 77.0 Å². The number of allylic oxidation sites excluding steroid dienone is 10. The molecule has 0 amide bonds. The minimum Gasteiger partial charge on any atom is -0.544 e. The fraction of sp³-hybridized carbons (Fsp3) is 0.729. The number of hydrogen-bond acceptors (Lipinski definition) is 7. The van der Waals surface area contributed by atoms with E-state index in [1.807, 2.05) is 6.08 Å². The number of hydrogen-bond donors (Lipinski definition) is 0. The van der Waals surface area contributed by atoms with E-state index in [1.54, 1.807) is 21.1 Å². The molecule has 8 nitrogen and oxygen atoms in total. The molecule has 0 aromatic heterocycles. The quantitative estimate of drug-likeness (QED) is 0.0265. The molecular weight excluding hydrogens is 703 g/mol. The maximum absolute atomic E-state index is 12.7. The maximum Gasteiger partial charge on any atom is 0.306 e. The van der Waals surface area contributed by atoms with Crippen molar-refractivity contribution >= 4 is 17.9 Å². The number of carboxylic acids is 1. The number of quaternary nitrogens is 1. The van der Waals surface area contributed by atoms with Crippen LogP contribution in [-0.4, -0.2) is 75.5 Å². The molecule has 0 aromatic carbocycles. The Hall–Kier alpha value is -2.97. The van der Waals surface area contributed by atoms with Gasteiger partial charge in [0, 0.05) is 19.3 Å². The van der Waals surface area contributed by atoms with Gasteiger partial charge in [-0.3, -0.25) is 9.59 Å². The van der Waals surface area contributed by atoms with E-state index in [4.69, 9.17) is 14.2 Å². The molecule has 0 aliphatic rings. The van der Waals surface area contributed by atoms with E-state index in [0.29, 0.717) is 12.8 Å². The highest BCUT2D eigenvalue weighted by atomic mass is 16.6. The van der Waals surface area contributed by atoms with E-state index in [0.717, 1.165) is 57.8 Å². The van der Waals surface area contributed by atoms with E-state index in [2.05, 4.69) is 68.5 Å². The van der Waals surface area contributed by atoms with Gasteiger partial charge in [-0.1, -0.05) is 152 Å². The molecule has 0 saturated heterocycles. The van der Waals surface area contributed by atoms with Crippen LogP contribution in [0.4, 0.5) is 0 Å². The van der Waals surface area contributed by atoms with E-state index in [9.17, 15) is 19.5 Å². The fourth-order valence-electron chi connectivity index (χ4n) is 6.20. The molecule has 0 aliphatic carbocycles. The number of nitrogens with zero attached hydrogens (tertiary/aromatic N) is 1. The molecule has 0 bridgehead atoms. The number of aliphatic carboxylic acids is 1. The van der Waals surface area contributed by atoms with Gasteiger partial charge in [0.1, 0.15) is 12.6 Å². The lowest BCUT2D eigenvalue weighted by molar-refractivity contribution is -0.889. The van der Waals surface area contributed by atoms with Crippen LogP contribution < -0.4 is 5.11 Å². The molecule has 0 heterocycles. The first-order chi connectivity index (χ1) is 27.1. The molecule has 0 N–H and O–H groups in total. The second kappa shape index (κ2) is 38.9. The lowest BCUT2D eigenvalue weighted by atomic mass is 10.1. The molecule has 56 heavy (non-hydrogen) atoms. The molecule has 322 valence electrons. The van der Waals surface area contributed by atoms with Crippen molar-refractivity contribution in [1.82, 2.24) is 0 Å². The van der Waals surface area contributed by atoms with Crippen molar-refractivity contribution in [3.63, 3.8) is 0 Å². The molecule has 8 heteroatoms. The molecule has 0 rings (SSSR count). The first-order valence-electron chi connectivity index (χ1n) is 22.3. The molecule has 0 fully saturated rings. The van der Waals surface area contributed by atoms with Crippen LogP contribution >= 0.6 is 0 Å². The van der Waals surface area contributed by atoms with Gasteiger partial charge in [0.05, 0.1) is 40.3 Å². The second-order valence-electron chi connectivity index (χ2n) is 15.9. The molecule has 2 unspecified atom stereocenters. The number of esters is 2. The highest BCUT2D eigenvalue weighted by Gasteiger charge is 2.25. The third-order valence-corrected chi connectivity index (χ3v) is 9.65. The number of carbonyl (C=O) groups excluding carboxylic acids is 3. The Bertz CT molecular complexity index is 1100. The van der Waals surface area contributed by atoms with Gasteiger partial charge in [-0.05, 0) is 64.2 Å². The SMILES string of the molecule is CC/C=C/C/C=C/C/C=C/CCCCCCCCCCCC(=O)OCC(COCCC(C(=O)[O-])[N+](C)(C)C)OC(=O)CC/C=C/C/C=C/CCCCCCCC. The summed E-state index contributed by atoms with van der Waals surface area (Å²) in [7, 11) is 5.38. The standard InChI is InChI=1S/C48H83NO7/c1-6-8-10-12-14-16-18-20-21-22-23-24-25-27-28-30-32-34-36-38-46(50)55-43-44(42-54-41-40-45(48(52)53)49(3,4)5)56-47(51)39-37-35-33-31-29-26-19-17-15-13-11-9-7-2/h8,10,14,16,20-21,26,29,33,35,44-45H,6-7,9,11-13,15,17-19,22-25,27-28,30-32,34,36-43H2,1-5H3/b10-8+,16-14+,21-20+,29-26+,35-33+. The molecule has 2 atom stereocenters. The molecule has 0 aliphatic heterocycles. The smallest absolute Gasteiger partial charge is 0.306 e. The normalized spacial score (nSPS) is 13.5. The molecule has 0 radical (unpaired) electrons. The number of likely N-dealkylation sites (N-methyl/N-ethyl adjacent to an activating group) is 1. The van der Waals surface area contributed by atoms with E-state index in [-0.39, 0.29) is 49.1 Å². The topological polar surface area (TPSA) is 102 Å². The summed E-state index contributed by atoms with van der Waals surface area (Å²) in [6.07, 6.45) is 46.9. The summed E-state index contributed by atoms with van der Waals surface area (Å²) in [4.78, 5) is 36.8. The fourth-order valence-corrected chi connectivity index (χ4v) is 6.20. The Balaban J connectivity index is 4.37. The zero-order valence-corrected chi connectivity index (χ0v) is 36.5. The third-order valence-electron chi connectivity index (χ3n) is 9.65. The van der Waals surface area contributed by atoms with Crippen LogP contribution in [0.5, 0.6) is 0 Å². The minimum atomic E-state index is -1.14. The van der Waals surface area contributed by atoms with Crippen molar-refractivity contribution in [1.29, 1.82) is 0 Å². The van der Waals surface area contributed by atoms with Crippen molar-refractivity contribution in [3.05, 3.63) is 60.8 Å². The average molecular weight is 786 g/mol. The first kappa shape index (κ1) is 53.0. The van der Waals surface area contributed by atoms with Crippen molar-refractivity contribution < 1.29 is 38.2 Å². The molecule has 0 spiro atoms. The van der Waals surface area contributed by atoms with Crippen molar-refractivity contribution in [2.24, 2.45) is 0 Å². The molecule has 0 aromatic rings. The predicted molar refractivity (Wildman–Crippen MR) is 231 cm³/mol. The molecular formula is C48H83NO7. The van der Waals surface area contributed by atoms with Crippen LogP contribution in [0.3, 0.4) is 0 Å². The Morgan fingerprint density at radius 1 is 0.554 bits per heavy atom. The zero-order chi connectivity index (χ0) is 41.4. The summed E-state index contributed by atoms with van der Waals surface area (Å²) in [5.74, 6) is -1.83. The zero-order valence-electron chi connectivity index (χ0n) is 36.5. The number of carbonyl (C=O) groups is 3. The number of carboxylic acid groups (broad SMARTS) is 1. The van der Waals surface area contributed by atoms with Crippen molar-refractivity contribution in [2.45, 2.75) is 187 Å². The average Bonchev–Trinajstić information content (AvgIpc) is 3.15. The van der Waals surface area contributed by atoms with Gasteiger partial charge in [-0.15, -0.1) is 0 Å². The Morgan fingerprint density at radius 3 is 1.55 bits per heavy atom. The molecule has 0 saturated carbocycles.